The lowest BCUT2D eigenvalue weighted by atomic mass is 9.82. The Balaban J connectivity index is 1.29. The van der Waals surface area contributed by atoms with Crippen LogP contribution in [0.15, 0.2) is 73.3 Å². The number of ether oxygens (including phenoxy) is 3. The van der Waals surface area contributed by atoms with Crippen molar-refractivity contribution in [1.29, 1.82) is 0 Å². The largest absolute Gasteiger partial charge is 0.493 e. The van der Waals surface area contributed by atoms with Crippen molar-refractivity contribution in [1.82, 2.24) is 9.88 Å². The van der Waals surface area contributed by atoms with Crippen molar-refractivity contribution in [2.75, 3.05) is 31.6 Å². The number of methoxy groups -OCH3 is 1. The molecular weight excluding hydrogens is 719 g/mol. The van der Waals surface area contributed by atoms with E-state index in [-0.39, 0.29) is 40.8 Å². The molecule has 1 aliphatic carbocycles. The minimum absolute atomic E-state index is 0.0488. The zero-order valence-electron chi connectivity index (χ0n) is 29.5. The van der Waals surface area contributed by atoms with E-state index in [1.807, 2.05) is 24.3 Å². The number of aromatic nitrogens is 2. The van der Waals surface area contributed by atoms with E-state index in [9.17, 15) is 19.9 Å². The maximum Gasteiger partial charge on any atom is 0.414 e. The van der Waals surface area contributed by atoms with E-state index < -0.39 is 18.0 Å². The van der Waals surface area contributed by atoms with Crippen LogP contribution in [0.3, 0.4) is 0 Å². The molecule has 13 heteroatoms. The lowest BCUT2D eigenvalue weighted by molar-refractivity contribution is -0.904. The Morgan fingerprint density at radius 3 is 2.42 bits per heavy atom. The van der Waals surface area contributed by atoms with Crippen LogP contribution in [0.4, 0.5) is 10.5 Å². The van der Waals surface area contributed by atoms with E-state index in [0.29, 0.717) is 46.3 Å². The van der Waals surface area contributed by atoms with Gasteiger partial charge >= 0.3 is 12.1 Å². The smallest absolute Gasteiger partial charge is 0.414 e. The Kier molecular flexibility index (Phi) is 11.2. The third-order valence-electron chi connectivity index (χ3n) is 10.8. The zero-order chi connectivity index (χ0) is 37.1. The fraction of sp³-hybridized carbons (Fsp3) is 0.400. The monoisotopic (exact) mass is 761 g/mol. The van der Waals surface area contributed by atoms with Crippen molar-refractivity contribution >= 4 is 41.0 Å². The second-order valence-electron chi connectivity index (χ2n) is 14.1. The molecule has 1 saturated carbocycles. The lowest BCUT2D eigenvalue weighted by Crippen LogP contribution is -2.53. The first-order chi connectivity index (χ1) is 25.7. The standard InChI is InChI=1S/C40H42Cl2N4O7/c1-51-36-11-9-27(18-37(36)52-29-6-2-3-7-29)31(19-33-34(41)22-45(50)23-35(33)42)32-17-25(8-10-30(32)39(47)48)21-46(28-5-4-14-43-20-28)40(49)53-38-24-44-15-12-26(38)13-16-44/h4-5,8-11,14,17-18,20,22-23,26,29,31,38H,2-3,6-7,12-13,15-16,19,21,24H2,1H3,(H-,47,48,50)/p+1/t31-,38-/m0/s1. The molecule has 11 nitrogen and oxygen atoms in total. The van der Waals surface area contributed by atoms with Crippen molar-refractivity contribution < 1.29 is 38.8 Å². The minimum atomic E-state index is -1.11. The number of hydrogen-bond donors (Lipinski definition) is 2. The first kappa shape index (κ1) is 36.8. The van der Waals surface area contributed by atoms with E-state index in [1.54, 1.807) is 48.7 Å². The number of pyridine rings is 2. The summed E-state index contributed by atoms with van der Waals surface area (Å²) >= 11 is 13.3. The molecule has 278 valence electrons. The zero-order valence-corrected chi connectivity index (χ0v) is 31.0. The van der Waals surface area contributed by atoms with Crippen LogP contribution in [-0.4, -0.2) is 71.2 Å². The maximum absolute atomic E-state index is 14.0. The molecule has 1 amide bonds. The van der Waals surface area contributed by atoms with E-state index in [4.69, 9.17) is 37.4 Å². The number of aromatic carboxylic acids is 1. The van der Waals surface area contributed by atoms with Gasteiger partial charge in [0.25, 0.3) is 0 Å². The van der Waals surface area contributed by atoms with Gasteiger partial charge in [-0.3, -0.25) is 20.0 Å². The molecule has 8 rings (SSSR count). The second kappa shape index (κ2) is 16.2. The summed E-state index contributed by atoms with van der Waals surface area (Å²) < 4.78 is 19.1. The lowest BCUT2D eigenvalue weighted by Gasteiger charge is -2.44. The number of piperidine rings is 3. The number of carboxylic acid groups (broad SMARTS) is 1. The fourth-order valence-corrected chi connectivity index (χ4v) is 8.53. The fourth-order valence-electron chi connectivity index (χ4n) is 7.92. The van der Waals surface area contributed by atoms with E-state index in [1.165, 1.54) is 12.4 Å². The summed E-state index contributed by atoms with van der Waals surface area (Å²) in [5, 5.41) is 21.1. The van der Waals surface area contributed by atoms with Gasteiger partial charge in [-0.1, -0.05) is 41.4 Å². The predicted octanol–water partition coefficient (Wildman–Crippen LogP) is 7.55. The first-order valence-electron chi connectivity index (χ1n) is 18.1. The Hall–Kier alpha value is -4.58. The van der Waals surface area contributed by atoms with Gasteiger partial charge in [-0.15, -0.1) is 0 Å². The van der Waals surface area contributed by atoms with Crippen LogP contribution in [-0.2, 0) is 17.7 Å². The number of anilines is 1. The van der Waals surface area contributed by atoms with Crippen molar-refractivity contribution in [2.24, 2.45) is 5.92 Å². The number of carbonyl (C=O) groups excluding carboxylic acids is 1. The highest BCUT2D eigenvalue weighted by Gasteiger charge is 2.38. The number of hydrogen-bond acceptors (Lipinski definition) is 8. The summed E-state index contributed by atoms with van der Waals surface area (Å²) in [5.41, 5.74) is 3.07. The average Bonchev–Trinajstić information content (AvgIpc) is 3.67. The second-order valence-corrected chi connectivity index (χ2v) is 14.9. The van der Waals surface area contributed by atoms with Crippen LogP contribution in [0.25, 0.3) is 0 Å². The van der Waals surface area contributed by atoms with E-state index in [2.05, 4.69) is 9.88 Å². The Labute approximate surface area is 318 Å². The Bertz CT molecular complexity index is 1930. The quantitative estimate of drug-likeness (QED) is 0.111. The number of halogens is 2. The molecule has 0 radical (unpaired) electrons. The third kappa shape index (κ3) is 8.32. The molecule has 2 atom stereocenters. The van der Waals surface area contributed by atoms with E-state index in [0.717, 1.165) is 61.9 Å². The summed E-state index contributed by atoms with van der Waals surface area (Å²) in [4.78, 5) is 35.0. The van der Waals surface area contributed by atoms with Crippen LogP contribution >= 0.6 is 23.2 Å². The van der Waals surface area contributed by atoms with Crippen molar-refractivity contribution in [3.8, 4) is 11.5 Å². The Morgan fingerprint density at radius 2 is 1.77 bits per heavy atom. The minimum Gasteiger partial charge on any atom is -0.493 e. The van der Waals surface area contributed by atoms with Crippen molar-refractivity contribution in [3.05, 3.63) is 111 Å². The van der Waals surface area contributed by atoms with Gasteiger partial charge in [0.2, 0.25) is 12.4 Å². The molecule has 4 fully saturated rings. The highest BCUT2D eigenvalue weighted by molar-refractivity contribution is 6.35. The molecule has 4 aromatic rings. The highest BCUT2D eigenvalue weighted by Crippen LogP contribution is 2.41. The topological polar surface area (TPSA) is 126 Å². The van der Waals surface area contributed by atoms with Gasteiger partial charge in [0, 0.05) is 29.0 Å². The van der Waals surface area contributed by atoms with Gasteiger partial charge < -0.3 is 19.3 Å². The third-order valence-corrected chi connectivity index (χ3v) is 11.4. The van der Waals surface area contributed by atoms with Gasteiger partial charge in [0.15, 0.2) is 11.5 Å². The molecule has 0 spiro atoms. The molecule has 5 heterocycles. The van der Waals surface area contributed by atoms with Gasteiger partial charge in [-0.25, -0.2) is 9.59 Å². The molecule has 2 bridgehead atoms. The normalized spacial score (nSPS) is 20.2. The van der Waals surface area contributed by atoms with Gasteiger partial charge in [0.1, 0.15) is 16.1 Å². The number of benzene rings is 2. The van der Waals surface area contributed by atoms with Crippen LogP contribution < -0.4 is 19.1 Å². The molecule has 4 aliphatic rings. The van der Waals surface area contributed by atoms with Gasteiger partial charge in [0.05, 0.1) is 37.2 Å². The highest BCUT2D eigenvalue weighted by atomic mass is 35.5. The average molecular weight is 763 g/mol. The Morgan fingerprint density at radius 1 is 1.02 bits per heavy atom. The van der Waals surface area contributed by atoms with Gasteiger partial charge in [-0.05, 0) is 111 Å². The summed E-state index contributed by atoms with van der Waals surface area (Å²) in [7, 11) is 1.59. The molecule has 53 heavy (non-hydrogen) atoms. The summed E-state index contributed by atoms with van der Waals surface area (Å²) in [6.07, 6.45) is 11.5. The number of nitrogens with zero attached hydrogens (tertiary/aromatic N) is 4. The number of rotatable bonds is 12. The maximum atomic E-state index is 14.0. The molecule has 2 N–H and O–H groups in total. The predicted molar refractivity (Wildman–Crippen MR) is 199 cm³/mol. The molecule has 3 aliphatic heterocycles. The number of carboxylic acids is 1. The SMILES string of the molecule is COc1ccc([C@H](Cc2c(Cl)c[n+](O)cc2Cl)c2cc(CN(C(=O)O[C@H]3CN4CCC3CC4)c3cccnc3)ccc2C(=O)O)cc1OC1CCCC1. The number of amides is 1. The number of fused-ring (bicyclic) bond motifs is 3. The van der Waals surface area contributed by atoms with Crippen LogP contribution in [0.2, 0.25) is 10.0 Å². The van der Waals surface area contributed by atoms with E-state index >= 15 is 0 Å². The van der Waals surface area contributed by atoms with Crippen LogP contribution in [0.5, 0.6) is 11.5 Å². The summed E-state index contributed by atoms with van der Waals surface area (Å²) in [5.74, 6) is -0.264. The van der Waals surface area contributed by atoms with Crippen molar-refractivity contribution in [2.45, 2.75) is 69.6 Å². The summed E-state index contributed by atoms with van der Waals surface area (Å²) in [6.45, 7) is 2.85. The molecule has 0 unspecified atom stereocenters. The summed E-state index contributed by atoms with van der Waals surface area (Å²) in [6, 6.07) is 14.3. The molecule has 2 aromatic heterocycles. The van der Waals surface area contributed by atoms with Crippen LogP contribution in [0.1, 0.15) is 77.1 Å². The first-order valence-corrected chi connectivity index (χ1v) is 18.8. The molecular formula is C40H43Cl2N4O7+. The van der Waals surface area contributed by atoms with Crippen molar-refractivity contribution in [3.63, 3.8) is 0 Å². The molecule has 3 saturated heterocycles. The molecule has 2 aromatic carbocycles. The van der Waals surface area contributed by atoms with Gasteiger partial charge in [-0.2, -0.15) is 0 Å². The number of carbonyl (C=O) groups is 2. The van der Waals surface area contributed by atoms with Crippen LogP contribution in [0, 0.1) is 5.92 Å².